The molecule has 2 heterocycles. The van der Waals surface area contributed by atoms with E-state index in [1.165, 1.54) is 30.8 Å². The fourth-order valence-electron chi connectivity index (χ4n) is 2.71. The van der Waals surface area contributed by atoms with Crippen LogP contribution in [0.25, 0.3) is 0 Å². The lowest BCUT2D eigenvalue weighted by Gasteiger charge is -2.32. The van der Waals surface area contributed by atoms with Crippen LogP contribution in [0.3, 0.4) is 0 Å². The van der Waals surface area contributed by atoms with Crippen molar-refractivity contribution < 1.29 is 0 Å². The molecule has 126 valence electrons. The molecule has 22 heavy (non-hydrogen) atoms. The van der Waals surface area contributed by atoms with Crippen molar-refractivity contribution in [2.24, 2.45) is 10.9 Å². The van der Waals surface area contributed by atoms with Crippen molar-refractivity contribution in [3.05, 3.63) is 16.1 Å². The fraction of sp³-hybridized carbons (Fsp3) is 0.733. The lowest BCUT2D eigenvalue weighted by molar-refractivity contribution is 0.183. The molecule has 0 spiro atoms. The normalized spacial score (nSPS) is 19.6. The summed E-state index contributed by atoms with van der Waals surface area (Å²) in [5.74, 6) is 1.59. The van der Waals surface area contributed by atoms with Crippen LogP contribution in [0.1, 0.15) is 29.7 Å². The molecule has 0 radical (unpaired) electrons. The SMILES string of the molecule is CCN1CCCC(CNC(=NC)NCc2ncc(C)s2)C1.I. The van der Waals surface area contributed by atoms with Gasteiger partial charge in [0.1, 0.15) is 5.01 Å². The average Bonchev–Trinajstić information content (AvgIpc) is 2.93. The van der Waals surface area contributed by atoms with E-state index in [2.05, 4.69) is 39.4 Å². The van der Waals surface area contributed by atoms with Gasteiger partial charge in [-0.15, -0.1) is 35.3 Å². The van der Waals surface area contributed by atoms with E-state index < -0.39 is 0 Å². The third-order valence-electron chi connectivity index (χ3n) is 3.91. The Morgan fingerprint density at radius 1 is 1.50 bits per heavy atom. The molecule has 1 saturated heterocycles. The molecule has 7 heteroatoms. The number of nitrogens with one attached hydrogen (secondary N) is 2. The maximum atomic E-state index is 4.36. The first-order valence-electron chi connectivity index (χ1n) is 7.79. The number of aliphatic imine (C=N–C) groups is 1. The van der Waals surface area contributed by atoms with Crippen LogP contribution in [0, 0.1) is 12.8 Å². The molecule has 5 nitrogen and oxygen atoms in total. The maximum absolute atomic E-state index is 4.36. The molecule has 1 atom stereocenters. The summed E-state index contributed by atoms with van der Waals surface area (Å²) < 4.78 is 0. The molecule has 1 unspecified atom stereocenters. The summed E-state index contributed by atoms with van der Waals surface area (Å²) in [6.45, 7) is 9.67. The Hall–Kier alpha value is -0.410. The molecule has 0 aromatic carbocycles. The zero-order chi connectivity index (χ0) is 15.1. The molecule has 1 aromatic rings. The topological polar surface area (TPSA) is 52.5 Å². The van der Waals surface area contributed by atoms with Gasteiger partial charge in [0.15, 0.2) is 5.96 Å². The van der Waals surface area contributed by atoms with Gasteiger partial charge in [0.2, 0.25) is 0 Å². The third kappa shape index (κ3) is 6.37. The Kier molecular flexibility index (Phi) is 9.27. The lowest BCUT2D eigenvalue weighted by Crippen LogP contribution is -2.44. The minimum Gasteiger partial charge on any atom is -0.356 e. The van der Waals surface area contributed by atoms with Crippen LogP contribution in [-0.2, 0) is 6.54 Å². The van der Waals surface area contributed by atoms with Gasteiger partial charge in [-0.1, -0.05) is 6.92 Å². The summed E-state index contributed by atoms with van der Waals surface area (Å²) in [5.41, 5.74) is 0. The number of guanidine groups is 1. The Balaban J connectivity index is 0.00000242. The smallest absolute Gasteiger partial charge is 0.191 e. The highest BCUT2D eigenvalue weighted by atomic mass is 127. The van der Waals surface area contributed by atoms with E-state index in [1.54, 1.807) is 11.3 Å². The van der Waals surface area contributed by atoms with Crippen molar-refractivity contribution in [2.75, 3.05) is 33.2 Å². The van der Waals surface area contributed by atoms with Crippen LogP contribution in [0.15, 0.2) is 11.2 Å². The van der Waals surface area contributed by atoms with Crippen molar-refractivity contribution in [1.29, 1.82) is 0 Å². The fourth-order valence-corrected chi connectivity index (χ4v) is 3.44. The molecule has 2 rings (SSSR count). The number of likely N-dealkylation sites (tertiary alicyclic amines) is 1. The van der Waals surface area contributed by atoms with Crippen LogP contribution in [0.5, 0.6) is 0 Å². The molecule has 0 saturated carbocycles. The summed E-state index contributed by atoms with van der Waals surface area (Å²) in [6.07, 6.45) is 4.54. The molecule has 1 aromatic heterocycles. The summed E-state index contributed by atoms with van der Waals surface area (Å²) in [4.78, 5) is 12.4. The minimum absolute atomic E-state index is 0. The predicted molar refractivity (Wildman–Crippen MR) is 105 cm³/mol. The number of aryl methyl sites for hydroxylation is 1. The Morgan fingerprint density at radius 2 is 2.32 bits per heavy atom. The Labute approximate surface area is 155 Å². The highest BCUT2D eigenvalue weighted by Gasteiger charge is 2.18. The largest absolute Gasteiger partial charge is 0.356 e. The van der Waals surface area contributed by atoms with Crippen LogP contribution in [-0.4, -0.2) is 49.1 Å². The molecule has 0 amide bonds. The van der Waals surface area contributed by atoms with Crippen molar-refractivity contribution in [2.45, 2.75) is 33.2 Å². The van der Waals surface area contributed by atoms with E-state index in [1.807, 2.05) is 13.2 Å². The number of hydrogen-bond donors (Lipinski definition) is 2. The number of hydrogen-bond acceptors (Lipinski definition) is 4. The van der Waals surface area contributed by atoms with E-state index in [0.717, 1.165) is 36.5 Å². The van der Waals surface area contributed by atoms with Crippen LogP contribution < -0.4 is 10.6 Å². The summed E-state index contributed by atoms with van der Waals surface area (Å²) in [5, 5.41) is 7.89. The van der Waals surface area contributed by atoms with E-state index in [-0.39, 0.29) is 24.0 Å². The van der Waals surface area contributed by atoms with E-state index in [4.69, 9.17) is 0 Å². The van der Waals surface area contributed by atoms with Gasteiger partial charge in [0.05, 0.1) is 6.54 Å². The van der Waals surface area contributed by atoms with Gasteiger partial charge in [-0.25, -0.2) is 4.98 Å². The summed E-state index contributed by atoms with van der Waals surface area (Å²) >= 11 is 1.73. The van der Waals surface area contributed by atoms with Gasteiger partial charge in [-0.05, 0) is 38.8 Å². The summed E-state index contributed by atoms with van der Waals surface area (Å²) in [7, 11) is 1.82. The quantitative estimate of drug-likeness (QED) is 0.422. The molecular formula is C15H28IN5S. The van der Waals surface area contributed by atoms with Gasteiger partial charge in [-0.2, -0.15) is 0 Å². The first-order chi connectivity index (χ1) is 10.2. The number of thiazole rings is 1. The van der Waals surface area contributed by atoms with E-state index >= 15 is 0 Å². The van der Waals surface area contributed by atoms with Gasteiger partial charge >= 0.3 is 0 Å². The third-order valence-corrected chi connectivity index (χ3v) is 4.82. The van der Waals surface area contributed by atoms with Crippen molar-refractivity contribution in [3.63, 3.8) is 0 Å². The second kappa shape index (κ2) is 10.4. The molecule has 0 bridgehead atoms. The number of rotatable bonds is 5. The van der Waals surface area contributed by atoms with Crippen LogP contribution in [0.2, 0.25) is 0 Å². The monoisotopic (exact) mass is 437 g/mol. The van der Waals surface area contributed by atoms with Crippen LogP contribution in [0.4, 0.5) is 0 Å². The van der Waals surface area contributed by atoms with E-state index in [9.17, 15) is 0 Å². The molecule has 2 N–H and O–H groups in total. The maximum Gasteiger partial charge on any atom is 0.191 e. The zero-order valence-corrected chi connectivity index (χ0v) is 16.9. The lowest BCUT2D eigenvalue weighted by atomic mass is 9.98. The van der Waals surface area contributed by atoms with Gasteiger partial charge in [-0.3, -0.25) is 4.99 Å². The van der Waals surface area contributed by atoms with Gasteiger partial charge in [0, 0.05) is 31.2 Å². The number of aromatic nitrogens is 1. The van der Waals surface area contributed by atoms with Crippen molar-refractivity contribution >= 4 is 41.3 Å². The molecule has 1 fully saturated rings. The second-order valence-electron chi connectivity index (χ2n) is 5.57. The predicted octanol–water partition coefficient (Wildman–Crippen LogP) is 2.47. The number of nitrogens with zero attached hydrogens (tertiary/aromatic N) is 3. The number of piperidine rings is 1. The highest BCUT2D eigenvalue weighted by Crippen LogP contribution is 2.15. The Bertz CT molecular complexity index is 463. The first-order valence-corrected chi connectivity index (χ1v) is 8.61. The van der Waals surface area contributed by atoms with Crippen LogP contribution >= 0.6 is 35.3 Å². The van der Waals surface area contributed by atoms with Gasteiger partial charge < -0.3 is 15.5 Å². The summed E-state index contributed by atoms with van der Waals surface area (Å²) in [6, 6.07) is 0. The van der Waals surface area contributed by atoms with Crippen molar-refractivity contribution in [3.8, 4) is 0 Å². The molecule has 1 aliphatic heterocycles. The standard InChI is InChI=1S/C15H27N5S.HI/c1-4-20-7-5-6-13(11-20)9-18-15(16-3)19-10-14-17-8-12(2)21-14;/h8,13H,4-7,9-11H2,1-3H3,(H2,16,18,19);1H. The number of halogens is 1. The second-order valence-corrected chi connectivity index (χ2v) is 6.89. The average molecular weight is 437 g/mol. The first kappa shape index (κ1) is 19.6. The zero-order valence-electron chi connectivity index (χ0n) is 13.8. The molecule has 1 aliphatic rings. The van der Waals surface area contributed by atoms with Gasteiger partial charge in [0.25, 0.3) is 0 Å². The van der Waals surface area contributed by atoms with Crippen molar-refractivity contribution in [1.82, 2.24) is 20.5 Å². The minimum atomic E-state index is 0. The van der Waals surface area contributed by atoms with E-state index in [0.29, 0.717) is 0 Å². The molecular weight excluding hydrogens is 409 g/mol. The Morgan fingerprint density at radius 3 is 2.95 bits per heavy atom. The highest BCUT2D eigenvalue weighted by molar-refractivity contribution is 14.0. The molecule has 0 aliphatic carbocycles.